The molecule has 2 fully saturated rings. The Bertz CT molecular complexity index is 1790. The first kappa shape index (κ1) is 34.4. The Morgan fingerprint density at radius 1 is 1.08 bits per heavy atom. The number of fused-ring (bicyclic) bond motifs is 3. The van der Waals surface area contributed by atoms with E-state index in [2.05, 4.69) is 5.32 Å². The zero-order valence-electron chi connectivity index (χ0n) is 27.1. The Labute approximate surface area is 277 Å². The number of hydrogen-bond donors (Lipinski definition) is 5. The number of aromatic hydroxyl groups is 2. The van der Waals surface area contributed by atoms with E-state index in [1.807, 2.05) is 0 Å². The Hall–Kier alpha value is -3.44. The smallest absolute Gasteiger partial charge is 0.211 e. The molecule has 2 aliphatic carbocycles. The van der Waals surface area contributed by atoms with Crippen LogP contribution in [-0.4, -0.2) is 113 Å². The molecule has 5 N–H and O–H groups in total. The summed E-state index contributed by atoms with van der Waals surface area (Å²) in [6.07, 6.45) is -3.65. The minimum atomic E-state index is -3.82. The Morgan fingerprint density at radius 2 is 1.75 bits per heavy atom. The SMILES string of the molecule is COc1cccc2c1C(=O)c1c(O)c3c(c(O)c1C2=O)C[C@@](O)(C(C)=O)C[C@@H]3OC1CC(N(C2CCNCC2)S(C)(=O)=O)C(O)C(C)O1. The lowest BCUT2D eigenvalue weighted by atomic mass is 9.72. The van der Waals surface area contributed by atoms with Crippen molar-refractivity contribution in [1.82, 2.24) is 9.62 Å². The van der Waals surface area contributed by atoms with Crippen molar-refractivity contribution in [2.24, 2.45) is 0 Å². The third kappa shape index (κ3) is 5.60. The molecule has 14 nitrogen and oxygen atoms in total. The van der Waals surface area contributed by atoms with Crippen molar-refractivity contribution in [1.29, 1.82) is 0 Å². The number of phenols is 2. The zero-order valence-corrected chi connectivity index (χ0v) is 27.9. The van der Waals surface area contributed by atoms with Gasteiger partial charge in [-0.2, -0.15) is 4.31 Å². The number of aliphatic hydroxyl groups excluding tert-OH is 1. The molecule has 6 atom stereocenters. The van der Waals surface area contributed by atoms with Gasteiger partial charge in [0.1, 0.15) is 22.8 Å². The van der Waals surface area contributed by atoms with Gasteiger partial charge >= 0.3 is 0 Å². The highest BCUT2D eigenvalue weighted by molar-refractivity contribution is 7.88. The molecule has 0 saturated carbocycles. The van der Waals surface area contributed by atoms with Gasteiger partial charge in [-0.15, -0.1) is 0 Å². The van der Waals surface area contributed by atoms with Crippen molar-refractivity contribution in [2.75, 3.05) is 26.5 Å². The van der Waals surface area contributed by atoms with Crippen molar-refractivity contribution in [3.63, 3.8) is 0 Å². The normalized spacial score (nSPS) is 29.3. The maximum absolute atomic E-state index is 13.9. The molecule has 2 aliphatic heterocycles. The van der Waals surface area contributed by atoms with Crippen molar-refractivity contribution in [3.8, 4) is 17.2 Å². The second-order valence-corrected chi connectivity index (χ2v) is 15.0. The predicted octanol–water partition coefficient (Wildman–Crippen LogP) is 1.08. The summed E-state index contributed by atoms with van der Waals surface area (Å²) in [6.45, 7) is 3.91. The molecule has 0 bridgehead atoms. The number of nitrogens with one attached hydrogen (secondary N) is 1. The summed E-state index contributed by atoms with van der Waals surface area (Å²) in [4.78, 5) is 40.4. The van der Waals surface area contributed by atoms with E-state index < -0.39 is 99.1 Å². The van der Waals surface area contributed by atoms with E-state index in [1.54, 1.807) is 6.92 Å². The van der Waals surface area contributed by atoms with E-state index in [1.165, 1.54) is 29.6 Å². The summed E-state index contributed by atoms with van der Waals surface area (Å²) in [6, 6.07) is 3.04. The van der Waals surface area contributed by atoms with E-state index >= 15 is 0 Å². The van der Waals surface area contributed by atoms with Crippen molar-refractivity contribution in [3.05, 3.63) is 51.6 Å². The van der Waals surface area contributed by atoms with Gasteiger partial charge in [0, 0.05) is 42.0 Å². The maximum Gasteiger partial charge on any atom is 0.211 e. The molecule has 6 rings (SSSR count). The van der Waals surface area contributed by atoms with Crippen LogP contribution in [0.3, 0.4) is 0 Å². The monoisotopic (exact) mass is 688 g/mol. The molecular formula is C33H40N2O12S. The zero-order chi connectivity index (χ0) is 34.9. The second kappa shape index (κ2) is 12.5. The second-order valence-electron chi connectivity index (χ2n) is 13.1. The fourth-order valence-electron chi connectivity index (χ4n) is 7.70. The third-order valence-corrected chi connectivity index (χ3v) is 11.4. The molecule has 4 aliphatic rings. The number of ether oxygens (including phenoxy) is 3. The highest BCUT2D eigenvalue weighted by Gasteiger charge is 2.51. The van der Waals surface area contributed by atoms with E-state index in [0.717, 1.165) is 13.2 Å². The van der Waals surface area contributed by atoms with Crippen LogP contribution in [0.4, 0.5) is 0 Å². The summed E-state index contributed by atoms with van der Waals surface area (Å²) in [7, 11) is -2.50. The van der Waals surface area contributed by atoms with Crippen molar-refractivity contribution in [2.45, 2.75) is 88.2 Å². The largest absolute Gasteiger partial charge is 0.507 e. The third-order valence-electron chi connectivity index (χ3n) is 10.1. The van der Waals surface area contributed by atoms with Gasteiger partial charge in [-0.25, -0.2) is 8.42 Å². The quantitative estimate of drug-likeness (QED) is 0.221. The van der Waals surface area contributed by atoms with Crippen LogP contribution in [0, 0.1) is 0 Å². The van der Waals surface area contributed by atoms with Gasteiger partial charge in [-0.05, 0) is 45.8 Å². The number of methoxy groups -OCH3 is 1. The molecule has 2 saturated heterocycles. The molecule has 0 radical (unpaired) electrons. The fourth-order valence-corrected chi connectivity index (χ4v) is 9.16. The summed E-state index contributed by atoms with van der Waals surface area (Å²) < 4.78 is 45.2. The van der Waals surface area contributed by atoms with E-state index in [4.69, 9.17) is 14.2 Å². The lowest BCUT2D eigenvalue weighted by Crippen LogP contribution is -2.60. The number of Topliss-reactive ketones (excluding diaryl/α,β-unsaturated/α-hetero) is 1. The molecule has 2 heterocycles. The Kier molecular flexibility index (Phi) is 8.94. The van der Waals surface area contributed by atoms with Gasteiger partial charge in [0.25, 0.3) is 0 Å². The van der Waals surface area contributed by atoms with Crippen molar-refractivity contribution < 1.29 is 57.4 Å². The van der Waals surface area contributed by atoms with Crippen LogP contribution in [0.5, 0.6) is 17.2 Å². The first-order valence-electron chi connectivity index (χ1n) is 15.9. The van der Waals surface area contributed by atoms with Crippen LogP contribution in [0.1, 0.15) is 88.6 Å². The molecule has 260 valence electrons. The Morgan fingerprint density at radius 3 is 2.38 bits per heavy atom. The highest BCUT2D eigenvalue weighted by atomic mass is 32.2. The van der Waals surface area contributed by atoms with E-state index in [0.29, 0.717) is 25.9 Å². The van der Waals surface area contributed by atoms with Gasteiger partial charge in [-0.1, -0.05) is 12.1 Å². The summed E-state index contributed by atoms with van der Waals surface area (Å²) in [5, 5.41) is 49.2. The molecule has 4 unspecified atom stereocenters. The van der Waals surface area contributed by atoms with Crippen LogP contribution < -0.4 is 10.1 Å². The summed E-state index contributed by atoms with van der Waals surface area (Å²) >= 11 is 0. The lowest BCUT2D eigenvalue weighted by molar-refractivity contribution is -0.255. The molecule has 0 amide bonds. The number of sulfonamides is 1. The summed E-state index contributed by atoms with van der Waals surface area (Å²) in [5.41, 5.74) is -3.47. The average molecular weight is 689 g/mol. The predicted molar refractivity (Wildman–Crippen MR) is 169 cm³/mol. The number of nitrogens with zero attached hydrogens (tertiary/aromatic N) is 1. The lowest BCUT2D eigenvalue weighted by Gasteiger charge is -2.47. The van der Waals surface area contributed by atoms with Crippen LogP contribution in [0.15, 0.2) is 18.2 Å². The van der Waals surface area contributed by atoms with Crippen LogP contribution in [0.2, 0.25) is 0 Å². The average Bonchev–Trinajstić information content (AvgIpc) is 3.03. The van der Waals surface area contributed by atoms with Crippen LogP contribution in [0.25, 0.3) is 0 Å². The number of carbonyl (C=O) groups excluding carboxylic acids is 3. The molecule has 2 aromatic carbocycles. The summed E-state index contributed by atoms with van der Waals surface area (Å²) in [5.74, 6) is -3.48. The topological polar surface area (TPSA) is 209 Å². The van der Waals surface area contributed by atoms with Crippen molar-refractivity contribution >= 4 is 27.4 Å². The molecular weight excluding hydrogens is 648 g/mol. The molecule has 0 spiro atoms. The molecule has 2 aromatic rings. The molecule has 0 aromatic heterocycles. The first-order valence-corrected chi connectivity index (χ1v) is 17.7. The Balaban J connectivity index is 1.44. The number of ketones is 3. The molecule has 48 heavy (non-hydrogen) atoms. The number of benzene rings is 2. The number of phenolic OH excluding ortho intramolecular Hbond substituents is 2. The van der Waals surface area contributed by atoms with Crippen LogP contribution >= 0.6 is 0 Å². The van der Waals surface area contributed by atoms with E-state index in [9.17, 15) is 43.2 Å². The first-order chi connectivity index (χ1) is 22.6. The minimum absolute atomic E-state index is 0.0506. The number of rotatable bonds is 7. The number of carbonyl (C=O) groups is 3. The van der Waals surface area contributed by atoms with E-state index in [-0.39, 0.29) is 40.5 Å². The number of aliphatic hydroxyl groups is 2. The van der Waals surface area contributed by atoms with Gasteiger partial charge in [-0.3, -0.25) is 14.4 Å². The highest BCUT2D eigenvalue weighted by Crippen LogP contribution is 2.52. The fraction of sp³-hybridized carbons (Fsp3) is 0.545. The number of hydrogen-bond acceptors (Lipinski definition) is 13. The van der Waals surface area contributed by atoms with Crippen LogP contribution in [-0.2, 0) is 30.7 Å². The van der Waals surface area contributed by atoms with Gasteiger partial charge in [0.2, 0.25) is 15.8 Å². The van der Waals surface area contributed by atoms with Gasteiger partial charge < -0.3 is 40.0 Å². The van der Waals surface area contributed by atoms with Gasteiger partial charge in [0.05, 0.1) is 54.4 Å². The maximum atomic E-state index is 13.9. The number of piperidine rings is 1. The standard InChI is InChI=1S/C33H40N2O12S/c1-15-28(37)20(35(48(4,43)44)17-8-10-34-11-9-17)12-23(46-15)47-22-14-33(42,16(2)36)13-19-25(22)32(41)27-26(30(19)39)29(38)18-6-5-7-21(45-3)24(18)31(27)40/h5-7,15,17,20,22-23,28,34,37,39,41-42H,8-14H2,1-4H3/t15?,20?,22-,23?,28?,33-/m0/s1. The molecule has 15 heteroatoms. The van der Waals surface area contributed by atoms with Gasteiger partial charge in [0.15, 0.2) is 17.9 Å². The minimum Gasteiger partial charge on any atom is -0.507 e.